The van der Waals surface area contributed by atoms with E-state index in [1.54, 1.807) is 31.2 Å². The van der Waals surface area contributed by atoms with Crippen LogP contribution in [0.4, 0.5) is 5.69 Å². The molecule has 6 nitrogen and oxygen atoms in total. The summed E-state index contributed by atoms with van der Waals surface area (Å²) < 4.78 is 4.82. The Labute approximate surface area is 92.3 Å². The number of esters is 1. The van der Waals surface area contributed by atoms with Gasteiger partial charge in [-0.05, 0) is 36.4 Å². The summed E-state index contributed by atoms with van der Waals surface area (Å²) in [5, 5.41) is 5.94. The molecule has 0 unspecified atom stereocenters. The van der Waals surface area contributed by atoms with Crippen LogP contribution in [0.2, 0.25) is 0 Å². The van der Waals surface area contributed by atoms with Gasteiger partial charge in [0.25, 0.3) is 0 Å². The lowest BCUT2D eigenvalue weighted by atomic mass is 10.2. The van der Waals surface area contributed by atoms with E-state index in [2.05, 4.69) is 15.7 Å². The Hall–Kier alpha value is -2.24. The van der Waals surface area contributed by atoms with Crippen molar-refractivity contribution < 1.29 is 9.53 Å². The fourth-order valence-electron chi connectivity index (χ4n) is 1.02. The van der Waals surface area contributed by atoms with Crippen molar-refractivity contribution in [2.75, 3.05) is 12.0 Å². The minimum absolute atomic E-state index is 0.341. The van der Waals surface area contributed by atoms with Gasteiger partial charge >= 0.3 is 5.97 Å². The average molecular weight is 221 g/mol. The molecular weight excluding hydrogens is 210 g/mol. The lowest BCUT2D eigenvalue weighted by Gasteiger charge is -2.02. The molecule has 1 rings (SSSR count). The summed E-state index contributed by atoms with van der Waals surface area (Å²) in [5.41, 5.74) is 3.68. The monoisotopic (exact) mass is 221 g/mol. The summed E-state index contributed by atoms with van der Waals surface area (Å²) in [6.07, 6.45) is 0.846. The molecule has 6 heteroatoms. The van der Waals surface area contributed by atoms with Crippen LogP contribution in [0.15, 0.2) is 34.5 Å². The van der Waals surface area contributed by atoms with Crippen LogP contribution in [0, 0.1) is 4.91 Å². The number of nitrogens with one attached hydrogen (secondary N) is 1. The third-order valence-corrected chi connectivity index (χ3v) is 1.69. The molecule has 0 saturated heterocycles. The van der Waals surface area contributed by atoms with Crippen molar-refractivity contribution in [3.05, 3.63) is 34.7 Å². The lowest BCUT2D eigenvalue weighted by molar-refractivity contribution is 0.0526. The first-order valence-corrected chi connectivity index (χ1v) is 4.65. The molecule has 0 atom stereocenters. The van der Waals surface area contributed by atoms with E-state index >= 15 is 0 Å². The molecule has 0 aromatic heterocycles. The zero-order valence-corrected chi connectivity index (χ0v) is 8.71. The fraction of sp³-hybridized carbons (Fsp3) is 0.200. The molecule has 16 heavy (non-hydrogen) atoms. The number of hydrazone groups is 1. The molecule has 0 aliphatic rings. The van der Waals surface area contributed by atoms with Crippen molar-refractivity contribution in [1.82, 2.24) is 0 Å². The van der Waals surface area contributed by atoms with Crippen molar-refractivity contribution in [2.45, 2.75) is 6.92 Å². The third kappa shape index (κ3) is 3.49. The lowest BCUT2D eigenvalue weighted by Crippen LogP contribution is -2.04. The van der Waals surface area contributed by atoms with Crippen LogP contribution in [-0.4, -0.2) is 18.9 Å². The molecule has 0 aliphatic heterocycles. The Bertz CT molecular complexity index is 387. The number of rotatable bonds is 5. The number of nitrogens with zero attached hydrogens (tertiary/aromatic N) is 2. The number of anilines is 1. The van der Waals surface area contributed by atoms with Crippen molar-refractivity contribution in [1.29, 1.82) is 0 Å². The summed E-state index contributed by atoms with van der Waals surface area (Å²) in [7, 11) is 0. The highest BCUT2D eigenvalue weighted by atomic mass is 16.5. The molecule has 1 aromatic carbocycles. The Morgan fingerprint density at radius 2 is 2.12 bits per heavy atom. The summed E-state index contributed by atoms with van der Waals surface area (Å²) >= 11 is 0. The minimum Gasteiger partial charge on any atom is -0.462 e. The molecule has 1 aromatic rings. The van der Waals surface area contributed by atoms with Gasteiger partial charge in [-0.3, -0.25) is 5.43 Å². The predicted octanol–water partition coefficient (Wildman–Crippen LogP) is 1.98. The van der Waals surface area contributed by atoms with Gasteiger partial charge in [-0.2, -0.15) is 5.10 Å². The highest BCUT2D eigenvalue weighted by Crippen LogP contribution is 2.10. The first kappa shape index (κ1) is 11.8. The van der Waals surface area contributed by atoms with Gasteiger partial charge in [0.2, 0.25) is 0 Å². The molecule has 0 amide bonds. The van der Waals surface area contributed by atoms with E-state index in [0.29, 0.717) is 17.9 Å². The second-order valence-electron chi connectivity index (χ2n) is 2.76. The number of hydrogen-bond donors (Lipinski definition) is 1. The minimum atomic E-state index is -0.368. The Kier molecular flexibility index (Phi) is 4.65. The van der Waals surface area contributed by atoms with Crippen LogP contribution in [0.5, 0.6) is 0 Å². The number of carbonyl (C=O) groups excluding carboxylic acids is 1. The van der Waals surface area contributed by atoms with Crippen molar-refractivity contribution in [2.24, 2.45) is 10.3 Å². The topological polar surface area (TPSA) is 80.1 Å². The Balaban J connectivity index is 2.63. The van der Waals surface area contributed by atoms with Crippen LogP contribution in [0.3, 0.4) is 0 Å². The zero-order valence-electron chi connectivity index (χ0n) is 8.71. The summed E-state index contributed by atoms with van der Waals surface area (Å²) in [5.74, 6) is -0.368. The van der Waals surface area contributed by atoms with E-state index in [4.69, 9.17) is 4.74 Å². The molecule has 0 fully saturated rings. The maximum absolute atomic E-state index is 11.3. The number of nitroso groups, excluding NO2 is 1. The van der Waals surface area contributed by atoms with Crippen molar-refractivity contribution in [3.8, 4) is 0 Å². The van der Waals surface area contributed by atoms with Crippen LogP contribution in [-0.2, 0) is 4.74 Å². The number of hydrogen-bond acceptors (Lipinski definition) is 5. The largest absolute Gasteiger partial charge is 0.462 e. The summed E-state index contributed by atoms with van der Waals surface area (Å²) in [6.45, 7) is 2.09. The van der Waals surface area contributed by atoms with Gasteiger partial charge in [0.1, 0.15) is 0 Å². The fourth-order valence-corrected chi connectivity index (χ4v) is 1.02. The molecule has 0 spiro atoms. The normalized spacial score (nSPS) is 10.1. The summed E-state index contributed by atoms with van der Waals surface area (Å²) in [4.78, 5) is 21.0. The Morgan fingerprint density at radius 3 is 2.69 bits per heavy atom. The smallest absolute Gasteiger partial charge is 0.338 e. The molecule has 0 bridgehead atoms. The van der Waals surface area contributed by atoms with Crippen LogP contribution in [0.1, 0.15) is 17.3 Å². The highest BCUT2D eigenvalue weighted by Gasteiger charge is 2.04. The maximum Gasteiger partial charge on any atom is 0.338 e. The second kappa shape index (κ2) is 6.28. The molecule has 0 aliphatic carbocycles. The van der Waals surface area contributed by atoms with E-state index in [0.717, 1.165) is 6.34 Å². The van der Waals surface area contributed by atoms with Gasteiger partial charge in [-0.15, -0.1) is 4.91 Å². The predicted molar refractivity (Wildman–Crippen MR) is 60.3 cm³/mol. The zero-order chi connectivity index (χ0) is 11.8. The van der Waals surface area contributed by atoms with Gasteiger partial charge in [0.15, 0.2) is 6.34 Å². The van der Waals surface area contributed by atoms with E-state index in [1.807, 2.05) is 0 Å². The SMILES string of the molecule is CCOC(=O)c1ccc(N/N=C/N=O)cc1. The highest BCUT2D eigenvalue weighted by molar-refractivity contribution is 5.89. The number of benzene rings is 1. The second-order valence-corrected chi connectivity index (χ2v) is 2.76. The molecular formula is C10H11N3O3. The van der Waals surface area contributed by atoms with Crippen LogP contribution in [0.25, 0.3) is 0 Å². The third-order valence-electron chi connectivity index (χ3n) is 1.69. The van der Waals surface area contributed by atoms with E-state index < -0.39 is 0 Å². The van der Waals surface area contributed by atoms with Gasteiger partial charge < -0.3 is 4.74 Å². The molecule has 0 saturated carbocycles. The molecule has 84 valence electrons. The van der Waals surface area contributed by atoms with Crippen molar-refractivity contribution in [3.63, 3.8) is 0 Å². The standard InChI is InChI=1S/C10H11N3O3/c1-2-16-10(14)8-3-5-9(6-4-8)13-11-7-12-15/h3-7,13H,2H2,1H3/b11-7+. The van der Waals surface area contributed by atoms with E-state index in [-0.39, 0.29) is 5.97 Å². The molecule has 1 N–H and O–H groups in total. The molecule has 0 radical (unpaired) electrons. The van der Waals surface area contributed by atoms with E-state index in [1.165, 1.54) is 0 Å². The summed E-state index contributed by atoms with van der Waals surface area (Å²) in [6, 6.07) is 6.50. The Morgan fingerprint density at radius 1 is 1.44 bits per heavy atom. The number of ether oxygens (including phenoxy) is 1. The first-order chi connectivity index (χ1) is 7.77. The van der Waals surface area contributed by atoms with Crippen molar-refractivity contribution >= 4 is 18.0 Å². The van der Waals surface area contributed by atoms with Crippen LogP contribution < -0.4 is 5.43 Å². The number of carbonyl (C=O) groups is 1. The quantitative estimate of drug-likeness (QED) is 0.271. The van der Waals surface area contributed by atoms with Gasteiger partial charge in [0, 0.05) is 0 Å². The van der Waals surface area contributed by atoms with E-state index in [9.17, 15) is 9.70 Å². The van der Waals surface area contributed by atoms with Gasteiger partial charge in [-0.1, -0.05) is 0 Å². The molecule has 0 heterocycles. The van der Waals surface area contributed by atoms with Gasteiger partial charge in [-0.25, -0.2) is 4.79 Å². The first-order valence-electron chi connectivity index (χ1n) is 4.65. The average Bonchev–Trinajstić information content (AvgIpc) is 2.30. The van der Waals surface area contributed by atoms with Gasteiger partial charge in [0.05, 0.1) is 17.9 Å². The maximum atomic E-state index is 11.3. The van der Waals surface area contributed by atoms with Crippen LogP contribution >= 0.6 is 0 Å².